The SMILES string of the molecule is c1ccc2c(c1)c1ccccc1n2-c1ccc(-n2c3ccccc3c3cc4sccc4cc32)cc1. The van der Waals surface area contributed by atoms with Crippen LogP contribution in [0.4, 0.5) is 0 Å². The van der Waals surface area contributed by atoms with Crippen LogP contribution >= 0.6 is 11.3 Å². The van der Waals surface area contributed by atoms with Gasteiger partial charge in [0.1, 0.15) is 0 Å². The van der Waals surface area contributed by atoms with Crippen molar-refractivity contribution in [1.29, 1.82) is 0 Å². The molecular weight excluding hydrogens is 444 g/mol. The fourth-order valence-corrected chi connectivity index (χ4v) is 6.46. The monoisotopic (exact) mass is 464 g/mol. The van der Waals surface area contributed by atoms with Gasteiger partial charge in [0.05, 0.1) is 22.1 Å². The summed E-state index contributed by atoms with van der Waals surface area (Å²) >= 11 is 1.81. The highest BCUT2D eigenvalue weighted by atomic mass is 32.1. The van der Waals surface area contributed by atoms with Crippen molar-refractivity contribution >= 4 is 65.0 Å². The van der Waals surface area contributed by atoms with Crippen LogP contribution in [0.15, 0.2) is 121 Å². The molecule has 0 aliphatic rings. The molecule has 8 rings (SSSR count). The van der Waals surface area contributed by atoms with Crippen LogP contribution in [0, 0.1) is 0 Å². The zero-order chi connectivity index (χ0) is 22.9. The summed E-state index contributed by atoms with van der Waals surface area (Å²) in [7, 11) is 0. The van der Waals surface area contributed by atoms with Crippen LogP contribution in [-0.4, -0.2) is 9.13 Å². The second kappa shape index (κ2) is 7.08. The van der Waals surface area contributed by atoms with Gasteiger partial charge < -0.3 is 9.13 Å². The lowest BCUT2D eigenvalue weighted by Gasteiger charge is -2.11. The summed E-state index contributed by atoms with van der Waals surface area (Å²) in [6.45, 7) is 0. The highest BCUT2D eigenvalue weighted by molar-refractivity contribution is 7.17. The molecule has 0 spiro atoms. The van der Waals surface area contributed by atoms with Crippen molar-refractivity contribution in [2.45, 2.75) is 0 Å². The Morgan fingerprint density at radius 2 is 0.914 bits per heavy atom. The third-order valence-electron chi connectivity index (χ3n) is 7.19. The van der Waals surface area contributed by atoms with Crippen LogP contribution in [0.1, 0.15) is 0 Å². The maximum absolute atomic E-state index is 2.40. The molecule has 0 aliphatic heterocycles. The number of benzene rings is 5. The van der Waals surface area contributed by atoms with E-state index in [1.165, 1.54) is 65.1 Å². The number of rotatable bonds is 2. The summed E-state index contributed by atoms with van der Waals surface area (Å²) in [5.74, 6) is 0. The van der Waals surface area contributed by atoms with Crippen molar-refractivity contribution in [3.63, 3.8) is 0 Å². The van der Waals surface area contributed by atoms with E-state index in [4.69, 9.17) is 0 Å². The number of hydrogen-bond acceptors (Lipinski definition) is 1. The highest BCUT2D eigenvalue weighted by Crippen LogP contribution is 2.37. The number of fused-ring (bicyclic) bond motifs is 7. The molecule has 164 valence electrons. The third kappa shape index (κ3) is 2.64. The maximum atomic E-state index is 2.40. The minimum absolute atomic E-state index is 1.17. The van der Waals surface area contributed by atoms with Gasteiger partial charge in [0.2, 0.25) is 0 Å². The molecule has 8 aromatic rings. The van der Waals surface area contributed by atoms with Gasteiger partial charge in [-0.05, 0) is 71.4 Å². The Bertz CT molecular complexity index is 2000. The topological polar surface area (TPSA) is 9.86 Å². The molecule has 0 atom stereocenters. The normalized spacial score (nSPS) is 12.0. The molecule has 0 N–H and O–H groups in total. The summed E-state index contributed by atoms with van der Waals surface area (Å²) in [4.78, 5) is 0. The molecule has 0 bridgehead atoms. The van der Waals surface area contributed by atoms with E-state index >= 15 is 0 Å². The van der Waals surface area contributed by atoms with Crippen molar-refractivity contribution in [3.05, 3.63) is 121 Å². The quantitative estimate of drug-likeness (QED) is 0.241. The summed E-state index contributed by atoms with van der Waals surface area (Å²) in [5, 5.41) is 8.65. The van der Waals surface area contributed by atoms with E-state index < -0.39 is 0 Å². The highest BCUT2D eigenvalue weighted by Gasteiger charge is 2.15. The molecule has 0 amide bonds. The average molecular weight is 465 g/mol. The summed E-state index contributed by atoms with van der Waals surface area (Å²) in [6.07, 6.45) is 0. The van der Waals surface area contributed by atoms with Gasteiger partial charge >= 0.3 is 0 Å². The van der Waals surface area contributed by atoms with Gasteiger partial charge in [0.15, 0.2) is 0 Å². The Balaban J connectivity index is 1.38. The van der Waals surface area contributed by atoms with E-state index in [1.807, 2.05) is 0 Å². The Hall–Kier alpha value is -4.34. The second-order valence-electron chi connectivity index (χ2n) is 9.07. The van der Waals surface area contributed by atoms with Crippen LogP contribution in [-0.2, 0) is 0 Å². The molecule has 5 aromatic carbocycles. The van der Waals surface area contributed by atoms with E-state index in [0.717, 1.165) is 0 Å². The first-order chi connectivity index (χ1) is 17.4. The fraction of sp³-hybridized carbons (Fsp3) is 0. The fourth-order valence-electron chi connectivity index (χ4n) is 5.65. The second-order valence-corrected chi connectivity index (χ2v) is 10.0. The number of thiophene rings is 1. The molecule has 0 aliphatic carbocycles. The van der Waals surface area contributed by atoms with Gasteiger partial charge in [0, 0.05) is 37.6 Å². The first-order valence-corrected chi connectivity index (χ1v) is 12.7. The molecule has 0 saturated carbocycles. The summed E-state index contributed by atoms with van der Waals surface area (Å²) in [6, 6.07) is 42.0. The van der Waals surface area contributed by atoms with Gasteiger partial charge in [-0.25, -0.2) is 0 Å². The smallest absolute Gasteiger partial charge is 0.0548 e. The van der Waals surface area contributed by atoms with Crippen LogP contribution in [0.5, 0.6) is 0 Å². The molecule has 0 unspecified atom stereocenters. The first-order valence-electron chi connectivity index (χ1n) is 11.9. The Morgan fingerprint density at radius 1 is 0.429 bits per heavy atom. The molecule has 0 saturated heterocycles. The Morgan fingerprint density at radius 3 is 1.49 bits per heavy atom. The van der Waals surface area contributed by atoms with E-state index in [0.29, 0.717) is 0 Å². The molecule has 3 heterocycles. The van der Waals surface area contributed by atoms with E-state index in [-0.39, 0.29) is 0 Å². The van der Waals surface area contributed by atoms with E-state index in [2.05, 4.69) is 130 Å². The lowest BCUT2D eigenvalue weighted by Crippen LogP contribution is -1.97. The van der Waals surface area contributed by atoms with Gasteiger partial charge in [-0.1, -0.05) is 54.6 Å². The molecule has 3 aromatic heterocycles. The molecule has 0 radical (unpaired) electrons. The summed E-state index contributed by atoms with van der Waals surface area (Å²) in [5.41, 5.74) is 7.31. The van der Waals surface area contributed by atoms with Gasteiger partial charge in [-0.2, -0.15) is 0 Å². The zero-order valence-electron chi connectivity index (χ0n) is 18.8. The van der Waals surface area contributed by atoms with Crippen molar-refractivity contribution in [3.8, 4) is 11.4 Å². The first kappa shape index (κ1) is 19.0. The number of nitrogens with zero attached hydrogens (tertiary/aromatic N) is 2. The van der Waals surface area contributed by atoms with E-state index in [9.17, 15) is 0 Å². The largest absolute Gasteiger partial charge is 0.309 e. The van der Waals surface area contributed by atoms with Gasteiger partial charge in [0.25, 0.3) is 0 Å². The van der Waals surface area contributed by atoms with E-state index in [1.54, 1.807) is 11.3 Å². The minimum atomic E-state index is 1.17. The molecule has 0 fully saturated rings. The van der Waals surface area contributed by atoms with Crippen molar-refractivity contribution in [2.75, 3.05) is 0 Å². The van der Waals surface area contributed by atoms with Crippen molar-refractivity contribution in [2.24, 2.45) is 0 Å². The lowest BCUT2D eigenvalue weighted by atomic mass is 10.1. The molecule has 3 heteroatoms. The molecule has 2 nitrogen and oxygen atoms in total. The van der Waals surface area contributed by atoms with Gasteiger partial charge in [-0.15, -0.1) is 11.3 Å². The minimum Gasteiger partial charge on any atom is -0.309 e. The maximum Gasteiger partial charge on any atom is 0.0548 e. The number of hydrogen-bond donors (Lipinski definition) is 0. The predicted molar refractivity (Wildman–Crippen MR) is 151 cm³/mol. The van der Waals surface area contributed by atoms with Crippen LogP contribution in [0.3, 0.4) is 0 Å². The van der Waals surface area contributed by atoms with Gasteiger partial charge in [-0.3, -0.25) is 0 Å². The number of aromatic nitrogens is 2. The van der Waals surface area contributed by atoms with Crippen LogP contribution in [0.25, 0.3) is 65.1 Å². The van der Waals surface area contributed by atoms with Crippen molar-refractivity contribution < 1.29 is 0 Å². The van der Waals surface area contributed by atoms with Crippen molar-refractivity contribution in [1.82, 2.24) is 9.13 Å². The Kier molecular flexibility index (Phi) is 3.85. The standard InChI is InChI=1S/C32H20N2S/c1-4-10-28-24(7-1)25-8-2-5-11-29(25)33(28)22-13-15-23(16-14-22)34-30-12-6-3-9-26(30)27-20-32-21(17-18-35-32)19-31(27)34/h1-20H. The zero-order valence-corrected chi connectivity index (χ0v) is 19.7. The molecule has 35 heavy (non-hydrogen) atoms. The predicted octanol–water partition coefficient (Wildman–Crippen LogP) is 9.10. The summed E-state index contributed by atoms with van der Waals surface area (Å²) < 4.78 is 6.11. The van der Waals surface area contributed by atoms with Crippen LogP contribution < -0.4 is 0 Å². The third-order valence-corrected chi connectivity index (χ3v) is 8.07. The molecular formula is C32H20N2S. The number of para-hydroxylation sites is 3. The van der Waals surface area contributed by atoms with Crippen LogP contribution in [0.2, 0.25) is 0 Å². The Labute approximate surface area is 205 Å². The average Bonchev–Trinajstić information content (AvgIpc) is 3.60. The lowest BCUT2D eigenvalue weighted by molar-refractivity contribution is 1.15.